The summed E-state index contributed by atoms with van der Waals surface area (Å²) in [6.45, 7) is 2.48. The second-order valence-corrected chi connectivity index (χ2v) is 6.83. The van der Waals surface area contributed by atoms with Gasteiger partial charge in [0.1, 0.15) is 12.4 Å². The molecule has 1 N–H and O–H groups in total. The third-order valence-electron chi connectivity index (χ3n) is 3.23. The molecular weight excluding hydrogens is 386 g/mol. The molecule has 3 rings (SSSR count). The van der Waals surface area contributed by atoms with Crippen molar-refractivity contribution < 1.29 is 4.74 Å². The molecule has 0 saturated carbocycles. The van der Waals surface area contributed by atoms with E-state index in [0.717, 1.165) is 32.2 Å². The van der Waals surface area contributed by atoms with E-state index in [2.05, 4.69) is 31.4 Å². The predicted octanol–water partition coefficient (Wildman–Crippen LogP) is 5.24. The zero-order valence-electron chi connectivity index (χ0n) is 13.1. The molecule has 122 valence electrons. The molecular formula is C18H16BrN3OS. The molecule has 0 bridgehead atoms. The van der Waals surface area contributed by atoms with Crippen LogP contribution in [0.1, 0.15) is 16.8 Å². The molecule has 2 aromatic carbocycles. The van der Waals surface area contributed by atoms with E-state index in [4.69, 9.17) is 4.74 Å². The number of aromatic nitrogens is 1. The number of aryl methyl sites for hydroxylation is 1. The number of thiazole rings is 1. The Labute approximate surface area is 153 Å². The van der Waals surface area contributed by atoms with Crippen LogP contribution in [0.4, 0.5) is 5.13 Å². The topological polar surface area (TPSA) is 46.5 Å². The maximum Gasteiger partial charge on any atom is 0.203 e. The SMILES string of the molecule is Cc1csc(NN=Cc2ccc(OCc3ccccc3Br)cc2)n1. The Morgan fingerprint density at radius 2 is 2.00 bits per heavy atom. The number of hydrazone groups is 1. The van der Waals surface area contributed by atoms with Crippen LogP contribution in [0, 0.1) is 6.92 Å². The van der Waals surface area contributed by atoms with Crippen LogP contribution in [0.2, 0.25) is 0 Å². The third-order valence-corrected chi connectivity index (χ3v) is 4.86. The van der Waals surface area contributed by atoms with Crippen molar-refractivity contribution in [1.29, 1.82) is 0 Å². The fourth-order valence-corrected chi connectivity index (χ4v) is 3.03. The first-order valence-electron chi connectivity index (χ1n) is 7.38. The van der Waals surface area contributed by atoms with E-state index in [1.807, 2.05) is 60.8 Å². The highest BCUT2D eigenvalue weighted by atomic mass is 79.9. The lowest BCUT2D eigenvalue weighted by Gasteiger charge is -2.08. The average molecular weight is 402 g/mol. The van der Waals surface area contributed by atoms with Crippen LogP contribution in [-0.4, -0.2) is 11.2 Å². The number of rotatable bonds is 6. The first-order valence-corrected chi connectivity index (χ1v) is 9.05. The number of ether oxygens (including phenoxy) is 1. The number of halogens is 1. The summed E-state index contributed by atoms with van der Waals surface area (Å²) in [7, 11) is 0. The molecule has 0 amide bonds. The van der Waals surface area contributed by atoms with Crippen molar-refractivity contribution in [1.82, 2.24) is 4.98 Å². The molecule has 24 heavy (non-hydrogen) atoms. The van der Waals surface area contributed by atoms with Crippen LogP contribution in [0.15, 0.2) is 63.5 Å². The van der Waals surface area contributed by atoms with Crippen molar-refractivity contribution in [2.45, 2.75) is 13.5 Å². The molecule has 1 heterocycles. The van der Waals surface area contributed by atoms with E-state index in [-0.39, 0.29) is 0 Å². The van der Waals surface area contributed by atoms with E-state index in [9.17, 15) is 0 Å². The van der Waals surface area contributed by atoms with Crippen molar-refractivity contribution in [2.24, 2.45) is 5.10 Å². The molecule has 6 heteroatoms. The molecule has 3 aromatic rings. The highest BCUT2D eigenvalue weighted by Gasteiger charge is 2.00. The lowest BCUT2D eigenvalue weighted by Crippen LogP contribution is -1.96. The Morgan fingerprint density at radius 1 is 1.21 bits per heavy atom. The summed E-state index contributed by atoms with van der Waals surface area (Å²) in [5, 5.41) is 6.96. The van der Waals surface area contributed by atoms with Gasteiger partial charge in [-0.25, -0.2) is 4.98 Å². The third kappa shape index (κ3) is 4.66. The van der Waals surface area contributed by atoms with Gasteiger partial charge in [0, 0.05) is 15.4 Å². The minimum atomic E-state index is 0.528. The van der Waals surface area contributed by atoms with Gasteiger partial charge in [-0.1, -0.05) is 34.1 Å². The molecule has 0 atom stereocenters. The Balaban J connectivity index is 1.54. The molecule has 0 fully saturated rings. The normalized spacial score (nSPS) is 10.9. The van der Waals surface area contributed by atoms with Crippen LogP contribution in [0.25, 0.3) is 0 Å². The van der Waals surface area contributed by atoms with E-state index in [1.54, 1.807) is 6.21 Å². The lowest BCUT2D eigenvalue weighted by molar-refractivity contribution is 0.305. The molecule has 0 unspecified atom stereocenters. The monoisotopic (exact) mass is 401 g/mol. The van der Waals surface area contributed by atoms with Crippen molar-refractivity contribution in [3.8, 4) is 5.75 Å². The Hall–Kier alpha value is -2.18. The van der Waals surface area contributed by atoms with Gasteiger partial charge in [-0.2, -0.15) is 5.10 Å². The molecule has 0 aliphatic heterocycles. The van der Waals surface area contributed by atoms with Gasteiger partial charge >= 0.3 is 0 Å². The zero-order chi connectivity index (χ0) is 16.8. The van der Waals surface area contributed by atoms with Crippen LogP contribution in [-0.2, 0) is 6.61 Å². The fraction of sp³-hybridized carbons (Fsp3) is 0.111. The van der Waals surface area contributed by atoms with E-state index >= 15 is 0 Å². The summed E-state index contributed by atoms with van der Waals surface area (Å²) in [5.41, 5.74) is 6.02. The summed E-state index contributed by atoms with van der Waals surface area (Å²) in [4.78, 5) is 4.29. The van der Waals surface area contributed by atoms with E-state index < -0.39 is 0 Å². The Bertz CT molecular complexity index is 830. The van der Waals surface area contributed by atoms with E-state index in [1.165, 1.54) is 11.3 Å². The van der Waals surface area contributed by atoms with E-state index in [0.29, 0.717) is 6.61 Å². The second kappa shape index (κ2) is 8.08. The molecule has 4 nitrogen and oxygen atoms in total. The second-order valence-electron chi connectivity index (χ2n) is 5.11. The van der Waals surface area contributed by atoms with Gasteiger partial charge in [0.15, 0.2) is 0 Å². The number of nitrogens with zero attached hydrogens (tertiary/aromatic N) is 2. The molecule has 0 saturated heterocycles. The number of benzene rings is 2. The highest BCUT2D eigenvalue weighted by molar-refractivity contribution is 9.10. The van der Waals surface area contributed by atoms with Gasteiger partial charge in [-0.3, -0.25) is 5.43 Å². The molecule has 0 spiro atoms. The summed E-state index contributed by atoms with van der Waals surface area (Å²) < 4.78 is 6.86. The van der Waals surface area contributed by atoms with Crippen molar-refractivity contribution in [3.05, 3.63) is 75.2 Å². The fourth-order valence-electron chi connectivity index (χ4n) is 1.99. The highest BCUT2D eigenvalue weighted by Crippen LogP contribution is 2.19. The van der Waals surface area contributed by atoms with Crippen molar-refractivity contribution in [3.63, 3.8) is 0 Å². The minimum absolute atomic E-state index is 0.528. The minimum Gasteiger partial charge on any atom is -0.489 e. The molecule has 0 aliphatic carbocycles. The quantitative estimate of drug-likeness (QED) is 0.453. The first-order chi connectivity index (χ1) is 11.7. The number of hydrogen-bond acceptors (Lipinski definition) is 5. The molecule has 1 aromatic heterocycles. The largest absolute Gasteiger partial charge is 0.489 e. The van der Waals surface area contributed by atoms with Crippen LogP contribution < -0.4 is 10.2 Å². The van der Waals surface area contributed by atoms with Crippen LogP contribution in [0.5, 0.6) is 5.75 Å². The summed E-state index contributed by atoms with van der Waals surface area (Å²) in [6, 6.07) is 15.8. The molecule has 0 aliphatic rings. The summed E-state index contributed by atoms with van der Waals surface area (Å²) in [6.07, 6.45) is 1.76. The predicted molar refractivity (Wildman–Crippen MR) is 103 cm³/mol. The molecule has 0 radical (unpaired) electrons. The maximum atomic E-state index is 5.81. The van der Waals surface area contributed by atoms with Gasteiger partial charge in [0.25, 0.3) is 0 Å². The number of hydrogen-bond donors (Lipinski definition) is 1. The lowest BCUT2D eigenvalue weighted by atomic mass is 10.2. The summed E-state index contributed by atoms with van der Waals surface area (Å²) in [5.74, 6) is 0.825. The van der Waals surface area contributed by atoms with Gasteiger partial charge in [-0.05, 0) is 42.8 Å². The summed E-state index contributed by atoms with van der Waals surface area (Å²) >= 11 is 5.05. The van der Waals surface area contributed by atoms with Crippen LogP contribution in [0.3, 0.4) is 0 Å². The van der Waals surface area contributed by atoms with Gasteiger partial charge < -0.3 is 4.74 Å². The van der Waals surface area contributed by atoms with Crippen molar-refractivity contribution >= 4 is 38.6 Å². The Kier molecular flexibility index (Phi) is 5.61. The number of anilines is 1. The van der Waals surface area contributed by atoms with Gasteiger partial charge in [-0.15, -0.1) is 11.3 Å². The zero-order valence-corrected chi connectivity index (χ0v) is 15.5. The van der Waals surface area contributed by atoms with Crippen LogP contribution >= 0.6 is 27.3 Å². The Morgan fingerprint density at radius 3 is 2.71 bits per heavy atom. The number of nitrogens with one attached hydrogen (secondary N) is 1. The van der Waals surface area contributed by atoms with Gasteiger partial charge in [0.05, 0.1) is 11.9 Å². The average Bonchev–Trinajstić information content (AvgIpc) is 3.01. The van der Waals surface area contributed by atoms with Crippen molar-refractivity contribution in [2.75, 3.05) is 5.43 Å². The maximum absolute atomic E-state index is 5.81. The first kappa shape index (κ1) is 16.7. The standard InChI is InChI=1S/C18H16BrN3OS/c1-13-12-24-18(21-13)22-20-10-14-6-8-16(9-7-14)23-11-15-4-2-3-5-17(15)19/h2-10,12H,11H2,1H3,(H,21,22). The van der Waals surface area contributed by atoms with Gasteiger partial charge in [0.2, 0.25) is 5.13 Å². The smallest absolute Gasteiger partial charge is 0.203 e.